The van der Waals surface area contributed by atoms with Crippen molar-refractivity contribution >= 4 is 17.3 Å². The van der Waals surface area contributed by atoms with Crippen molar-refractivity contribution in [1.82, 2.24) is 15.2 Å². The summed E-state index contributed by atoms with van der Waals surface area (Å²) >= 11 is 0. The second-order valence-electron chi connectivity index (χ2n) is 6.24. The Morgan fingerprint density at radius 3 is 2.52 bits per heavy atom. The second kappa shape index (κ2) is 8.09. The highest BCUT2D eigenvalue weighted by molar-refractivity contribution is 5.62. The number of nitrogens with one attached hydrogen (secondary N) is 2. The minimum Gasteiger partial charge on any atom is -0.494 e. The van der Waals surface area contributed by atoms with E-state index in [4.69, 9.17) is 9.47 Å². The van der Waals surface area contributed by atoms with Gasteiger partial charge in [-0.15, -0.1) is 5.10 Å². The molecule has 0 bridgehead atoms. The van der Waals surface area contributed by atoms with E-state index in [0.29, 0.717) is 18.4 Å². The number of nitrogens with zero attached hydrogens (tertiary/aromatic N) is 3. The summed E-state index contributed by atoms with van der Waals surface area (Å²) in [7, 11) is 0. The number of aromatic amines is 1. The number of benzene rings is 2. The zero-order chi connectivity index (χ0) is 18.5. The summed E-state index contributed by atoms with van der Waals surface area (Å²) < 4.78 is 10.9. The van der Waals surface area contributed by atoms with Crippen LogP contribution in [0.5, 0.6) is 5.75 Å². The van der Waals surface area contributed by atoms with E-state index < -0.39 is 0 Å². The number of ether oxygens (including phenoxy) is 2. The van der Waals surface area contributed by atoms with Gasteiger partial charge in [0.05, 0.1) is 19.8 Å². The van der Waals surface area contributed by atoms with Crippen LogP contribution in [-0.4, -0.2) is 48.1 Å². The summed E-state index contributed by atoms with van der Waals surface area (Å²) in [5, 5.41) is 10.5. The molecule has 1 saturated heterocycles. The van der Waals surface area contributed by atoms with E-state index in [1.807, 2.05) is 43.3 Å². The van der Waals surface area contributed by atoms with Crippen LogP contribution < -0.4 is 15.0 Å². The maximum absolute atomic E-state index is 5.47. The van der Waals surface area contributed by atoms with Gasteiger partial charge in [-0.2, -0.15) is 4.98 Å². The zero-order valence-corrected chi connectivity index (χ0v) is 15.3. The van der Waals surface area contributed by atoms with Crippen molar-refractivity contribution < 1.29 is 9.47 Å². The van der Waals surface area contributed by atoms with Crippen molar-refractivity contribution in [3.8, 4) is 17.1 Å². The Morgan fingerprint density at radius 1 is 1.07 bits per heavy atom. The number of morpholine rings is 1. The molecule has 2 aromatic carbocycles. The Balaban J connectivity index is 1.41. The molecule has 1 aromatic heterocycles. The highest BCUT2D eigenvalue weighted by Crippen LogP contribution is 2.23. The molecule has 0 radical (unpaired) electrons. The Hall–Kier alpha value is -3.06. The molecule has 4 rings (SSSR count). The predicted octanol–water partition coefficient (Wildman–Crippen LogP) is 3.45. The monoisotopic (exact) mass is 365 g/mol. The van der Waals surface area contributed by atoms with Crippen molar-refractivity contribution in [2.24, 2.45) is 0 Å². The van der Waals surface area contributed by atoms with E-state index >= 15 is 0 Å². The summed E-state index contributed by atoms with van der Waals surface area (Å²) in [6, 6.07) is 16.1. The van der Waals surface area contributed by atoms with E-state index in [2.05, 4.69) is 37.5 Å². The number of rotatable bonds is 6. The van der Waals surface area contributed by atoms with Crippen LogP contribution in [0.2, 0.25) is 0 Å². The van der Waals surface area contributed by atoms with Crippen LogP contribution in [0.25, 0.3) is 11.4 Å². The topological polar surface area (TPSA) is 75.3 Å². The molecule has 1 fully saturated rings. The lowest BCUT2D eigenvalue weighted by Crippen LogP contribution is -2.36. The number of hydrogen-bond acceptors (Lipinski definition) is 6. The van der Waals surface area contributed by atoms with Crippen LogP contribution in [0, 0.1) is 0 Å². The molecule has 2 N–H and O–H groups in total. The zero-order valence-electron chi connectivity index (χ0n) is 15.3. The molecule has 0 atom stereocenters. The third-order valence-electron chi connectivity index (χ3n) is 4.42. The Bertz CT molecular complexity index is 855. The first-order valence-electron chi connectivity index (χ1n) is 9.17. The summed E-state index contributed by atoms with van der Waals surface area (Å²) in [6.07, 6.45) is 0. The van der Waals surface area contributed by atoms with Crippen LogP contribution in [0.15, 0.2) is 48.5 Å². The molecule has 3 aromatic rings. The van der Waals surface area contributed by atoms with Crippen LogP contribution >= 0.6 is 0 Å². The molecule has 0 unspecified atom stereocenters. The molecular formula is C20H23N5O2. The fourth-order valence-corrected chi connectivity index (χ4v) is 3.03. The highest BCUT2D eigenvalue weighted by Gasteiger charge is 2.11. The van der Waals surface area contributed by atoms with Gasteiger partial charge in [0.2, 0.25) is 5.95 Å². The van der Waals surface area contributed by atoms with Gasteiger partial charge in [0, 0.05) is 30.0 Å². The largest absolute Gasteiger partial charge is 0.494 e. The molecule has 0 saturated carbocycles. The molecule has 27 heavy (non-hydrogen) atoms. The molecule has 7 nitrogen and oxygen atoms in total. The van der Waals surface area contributed by atoms with Gasteiger partial charge in [0.25, 0.3) is 0 Å². The molecule has 1 aliphatic rings. The van der Waals surface area contributed by atoms with Gasteiger partial charge in [0.1, 0.15) is 5.75 Å². The first-order chi connectivity index (χ1) is 13.3. The first-order valence-corrected chi connectivity index (χ1v) is 9.17. The lowest BCUT2D eigenvalue weighted by atomic mass is 10.2. The average Bonchev–Trinajstić information content (AvgIpc) is 3.18. The highest BCUT2D eigenvalue weighted by atomic mass is 16.5. The molecule has 7 heteroatoms. The van der Waals surface area contributed by atoms with Crippen molar-refractivity contribution in [2.75, 3.05) is 43.1 Å². The Kier molecular flexibility index (Phi) is 5.20. The van der Waals surface area contributed by atoms with Crippen molar-refractivity contribution in [3.05, 3.63) is 48.5 Å². The second-order valence-corrected chi connectivity index (χ2v) is 6.24. The van der Waals surface area contributed by atoms with E-state index in [1.54, 1.807) is 0 Å². The van der Waals surface area contributed by atoms with E-state index in [1.165, 1.54) is 5.69 Å². The summed E-state index contributed by atoms with van der Waals surface area (Å²) in [5.41, 5.74) is 3.11. The van der Waals surface area contributed by atoms with Gasteiger partial charge in [-0.1, -0.05) is 0 Å². The van der Waals surface area contributed by atoms with Gasteiger partial charge in [-0.25, -0.2) is 0 Å². The van der Waals surface area contributed by atoms with Gasteiger partial charge in [-0.05, 0) is 55.5 Å². The van der Waals surface area contributed by atoms with Crippen LogP contribution in [-0.2, 0) is 4.74 Å². The smallest absolute Gasteiger partial charge is 0.246 e. The van der Waals surface area contributed by atoms with Crippen LogP contribution in [0.3, 0.4) is 0 Å². The molecule has 0 amide bonds. The maximum Gasteiger partial charge on any atom is 0.246 e. The molecule has 140 valence electrons. The molecule has 0 aliphatic carbocycles. The van der Waals surface area contributed by atoms with E-state index in [-0.39, 0.29) is 0 Å². The average molecular weight is 365 g/mol. The summed E-state index contributed by atoms with van der Waals surface area (Å²) in [4.78, 5) is 6.84. The predicted molar refractivity (Wildman–Crippen MR) is 106 cm³/mol. The Morgan fingerprint density at radius 2 is 1.81 bits per heavy atom. The Labute approximate surface area is 158 Å². The quantitative estimate of drug-likeness (QED) is 0.697. The van der Waals surface area contributed by atoms with Crippen molar-refractivity contribution in [2.45, 2.75) is 6.92 Å². The molecule has 2 heterocycles. The number of hydrogen-bond donors (Lipinski definition) is 2. The first kappa shape index (κ1) is 17.4. The van der Waals surface area contributed by atoms with Crippen LogP contribution in [0.4, 0.5) is 17.3 Å². The fourth-order valence-electron chi connectivity index (χ4n) is 3.03. The maximum atomic E-state index is 5.47. The SMILES string of the molecule is CCOc1ccc(-c2nc(Nc3ccc(N4CCOCC4)cc3)n[nH]2)cc1. The van der Waals surface area contributed by atoms with Gasteiger partial charge < -0.3 is 19.7 Å². The van der Waals surface area contributed by atoms with Gasteiger partial charge in [-0.3, -0.25) is 5.10 Å². The summed E-state index contributed by atoms with van der Waals surface area (Å²) in [6.45, 7) is 6.05. The number of anilines is 3. The van der Waals surface area contributed by atoms with Crippen molar-refractivity contribution in [1.29, 1.82) is 0 Å². The standard InChI is InChI=1S/C20H23N5O2/c1-2-27-18-9-3-15(4-10-18)19-22-20(24-23-19)21-16-5-7-17(8-6-16)25-11-13-26-14-12-25/h3-10H,2,11-14H2,1H3,(H2,21,22,23,24). The third kappa shape index (κ3) is 4.20. The lowest BCUT2D eigenvalue weighted by molar-refractivity contribution is 0.122. The molecular weight excluding hydrogens is 342 g/mol. The van der Waals surface area contributed by atoms with Crippen molar-refractivity contribution in [3.63, 3.8) is 0 Å². The number of H-pyrrole nitrogens is 1. The van der Waals surface area contributed by atoms with Gasteiger partial charge in [0.15, 0.2) is 5.82 Å². The minimum atomic E-state index is 0.540. The van der Waals surface area contributed by atoms with E-state index in [9.17, 15) is 0 Å². The normalized spacial score (nSPS) is 14.2. The minimum absolute atomic E-state index is 0.540. The molecule has 1 aliphatic heterocycles. The number of aromatic nitrogens is 3. The lowest BCUT2D eigenvalue weighted by Gasteiger charge is -2.28. The van der Waals surface area contributed by atoms with Crippen LogP contribution in [0.1, 0.15) is 6.92 Å². The molecule has 0 spiro atoms. The fraction of sp³-hybridized carbons (Fsp3) is 0.300. The van der Waals surface area contributed by atoms with Gasteiger partial charge >= 0.3 is 0 Å². The third-order valence-corrected chi connectivity index (χ3v) is 4.42. The summed E-state index contributed by atoms with van der Waals surface area (Å²) in [5.74, 6) is 2.10. The van der Waals surface area contributed by atoms with E-state index in [0.717, 1.165) is 43.3 Å².